The Labute approximate surface area is 220 Å². The number of hydrogen-bond acceptors (Lipinski definition) is 10. The fourth-order valence-corrected chi connectivity index (χ4v) is 6.72. The predicted molar refractivity (Wildman–Crippen MR) is 150 cm³/mol. The van der Waals surface area contributed by atoms with Crippen LogP contribution in [-0.2, 0) is 10.0 Å². The second-order valence-electron chi connectivity index (χ2n) is 10.2. The number of rotatable bonds is 9. The molecule has 4 rings (SSSR count). The van der Waals surface area contributed by atoms with Crippen LogP contribution in [0.2, 0.25) is 0 Å². The molecule has 2 aliphatic rings. The van der Waals surface area contributed by atoms with Crippen molar-refractivity contribution in [1.29, 1.82) is 0 Å². The van der Waals surface area contributed by atoms with Gasteiger partial charge in [-0.2, -0.15) is 14.3 Å². The molecule has 12 heteroatoms. The molecule has 0 radical (unpaired) electrons. The number of nitrogens with one attached hydrogen (secondary N) is 2. The molecule has 0 bridgehead atoms. The molecule has 2 heterocycles. The second kappa shape index (κ2) is 11.6. The van der Waals surface area contributed by atoms with Crippen molar-refractivity contribution in [2.45, 2.75) is 52.0 Å². The Balaban J connectivity index is 1.45. The molecule has 6 N–H and O–H groups in total. The van der Waals surface area contributed by atoms with Crippen LogP contribution in [0, 0.1) is 5.92 Å². The van der Waals surface area contributed by atoms with Crippen molar-refractivity contribution < 1.29 is 13.2 Å². The lowest BCUT2D eigenvalue weighted by atomic mass is 9.95. The molecule has 1 aliphatic carbocycles. The van der Waals surface area contributed by atoms with Gasteiger partial charge in [0.1, 0.15) is 11.4 Å². The zero-order valence-electron chi connectivity index (χ0n) is 22.0. The monoisotopic (exact) mass is 532 g/mol. The van der Waals surface area contributed by atoms with Gasteiger partial charge in [0, 0.05) is 44.0 Å². The second-order valence-corrected chi connectivity index (χ2v) is 12.3. The normalized spacial score (nSPS) is 17.7. The van der Waals surface area contributed by atoms with E-state index in [-0.39, 0.29) is 17.5 Å². The van der Waals surface area contributed by atoms with Crippen LogP contribution >= 0.6 is 0 Å². The summed E-state index contributed by atoms with van der Waals surface area (Å²) in [6, 6.07) is 6.14. The Hall–Kier alpha value is -2.99. The van der Waals surface area contributed by atoms with Gasteiger partial charge in [0.15, 0.2) is 11.6 Å². The molecular weight excluding hydrogens is 492 g/mol. The van der Waals surface area contributed by atoms with Crippen LogP contribution in [0.5, 0.6) is 5.75 Å². The van der Waals surface area contributed by atoms with E-state index in [0.29, 0.717) is 61.1 Å². The third-order valence-corrected chi connectivity index (χ3v) is 9.13. The van der Waals surface area contributed by atoms with Crippen LogP contribution in [0.1, 0.15) is 46.0 Å². The molecule has 204 valence electrons. The summed E-state index contributed by atoms with van der Waals surface area (Å²) < 4.78 is 32.4. The molecule has 2 fully saturated rings. The maximum Gasteiger partial charge on any atom is 0.231 e. The Bertz CT molecular complexity index is 1180. The van der Waals surface area contributed by atoms with Crippen molar-refractivity contribution in [3.05, 3.63) is 18.2 Å². The molecule has 37 heavy (non-hydrogen) atoms. The number of hydrogen-bond donors (Lipinski definition) is 4. The highest BCUT2D eigenvalue weighted by Crippen LogP contribution is 2.34. The summed E-state index contributed by atoms with van der Waals surface area (Å²) >= 11 is 0. The van der Waals surface area contributed by atoms with Crippen molar-refractivity contribution in [2.75, 3.05) is 66.0 Å². The molecule has 1 aromatic carbocycles. The Morgan fingerprint density at radius 1 is 1.08 bits per heavy atom. The molecule has 11 nitrogen and oxygen atoms in total. The third kappa shape index (κ3) is 6.67. The maximum absolute atomic E-state index is 12.6. The van der Waals surface area contributed by atoms with Crippen molar-refractivity contribution in [3.8, 4) is 5.75 Å². The van der Waals surface area contributed by atoms with Crippen LogP contribution in [0.3, 0.4) is 0 Å². The number of methoxy groups -OCH3 is 1. The molecule has 0 spiro atoms. The molecule has 1 aromatic heterocycles. The number of nitrogen functional groups attached to an aromatic ring is 2. The van der Waals surface area contributed by atoms with E-state index in [2.05, 4.69) is 25.5 Å². The van der Waals surface area contributed by atoms with Crippen LogP contribution in [0.15, 0.2) is 18.2 Å². The van der Waals surface area contributed by atoms with Gasteiger partial charge in [-0.15, -0.1) is 0 Å². The zero-order chi connectivity index (χ0) is 26.6. The first-order valence-electron chi connectivity index (χ1n) is 13.0. The number of piperazine rings is 1. The topological polar surface area (TPSA) is 152 Å². The molecule has 0 unspecified atom stereocenters. The van der Waals surface area contributed by atoms with E-state index in [4.69, 9.17) is 16.2 Å². The summed E-state index contributed by atoms with van der Waals surface area (Å²) in [5, 5.41) is 6.66. The van der Waals surface area contributed by atoms with Gasteiger partial charge < -0.3 is 31.7 Å². The number of aromatic nitrogens is 2. The van der Waals surface area contributed by atoms with Crippen LogP contribution in [0.25, 0.3) is 0 Å². The summed E-state index contributed by atoms with van der Waals surface area (Å²) in [6.07, 6.45) is 5.80. The molecule has 0 atom stereocenters. The lowest BCUT2D eigenvalue weighted by Gasteiger charge is -2.36. The fraction of sp³-hybridized carbons (Fsp3) is 0.600. The lowest BCUT2D eigenvalue weighted by molar-refractivity contribution is 0.381. The summed E-state index contributed by atoms with van der Waals surface area (Å²) in [5.41, 5.74) is 14.3. The van der Waals surface area contributed by atoms with Crippen molar-refractivity contribution in [3.63, 3.8) is 0 Å². The zero-order valence-corrected chi connectivity index (χ0v) is 22.9. The number of anilines is 6. The number of nitrogens with zero attached hydrogens (tertiary/aromatic N) is 4. The first-order valence-corrected chi connectivity index (χ1v) is 14.6. The van der Waals surface area contributed by atoms with Crippen LogP contribution < -0.4 is 31.7 Å². The largest absolute Gasteiger partial charge is 0.494 e. The van der Waals surface area contributed by atoms with Crippen molar-refractivity contribution in [1.82, 2.24) is 14.3 Å². The molecule has 2 aromatic rings. The van der Waals surface area contributed by atoms with Gasteiger partial charge in [-0.3, -0.25) is 0 Å². The summed E-state index contributed by atoms with van der Waals surface area (Å²) in [5.74, 6) is 2.00. The quantitative estimate of drug-likeness (QED) is 0.379. The summed E-state index contributed by atoms with van der Waals surface area (Å²) in [4.78, 5) is 11.1. The van der Waals surface area contributed by atoms with E-state index >= 15 is 0 Å². The highest BCUT2D eigenvalue weighted by Gasteiger charge is 2.28. The third-order valence-electron chi connectivity index (χ3n) is 6.89. The summed E-state index contributed by atoms with van der Waals surface area (Å²) in [7, 11) is -1.62. The van der Waals surface area contributed by atoms with E-state index in [0.717, 1.165) is 18.5 Å². The lowest BCUT2D eigenvalue weighted by Crippen LogP contribution is -2.49. The van der Waals surface area contributed by atoms with Gasteiger partial charge in [-0.05, 0) is 30.9 Å². The standard InChI is InChI=1S/C25H40N8O3S/c1-17(2)16-37(34,35)33-13-11-32(12-14-33)19-9-10-20(21(15-19)36-3)29-25-30-23(27)22(26)24(31-25)28-18-7-5-4-6-8-18/h9-10,15,17-18H,4-8,11-14,16,26H2,1-3H3,(H4,27,28,29,30,31). The van der Waals surface area contributed by atoms with Gasteiger partial charge in [0.05, 0.1) is 18.6 Å². The average molecular weight is 533 g/mol. The molecule has 0 amide bonds. The SMILES string of the molecule is COc1cc(N2CCN(S(=O)(=O)CC(C)C)CC2)ccc1Nc1nc(N)c(N)c(NC2CCCCC2)n1. The highest BCUT2D eigenvalue weighted by molar-refractivity contribution is 7.89. The Morgan fingerprint density at radius 2 is 1.78 bits per heavy atom. The molecule has 1 saturated heterocycles. The van der Waals surface area contributed by atoms with Crippen LogP contribution in [0.4, 0.5) is 34.6 Å². The fourth-order valence-electron chi connectivity index (χ4n) is 4.94. The van der Waals surface area contributed by atoms with Gasteiger partial charge in [0.2, 0.25) is 16.0 Å². The van der Waals surface area contributed by atoms with Gasteiger partial charge >= 0.3 is 0 Å². The van der Waals surface area contributed by atoms with Gasteiger partial charge in [-0.25, -0.2) is 8.42 Å². The van der Waals surface area contributed by atoms with E-state index in [1.54, 1.807) is 11.4 Å². The Kier molecular flexibility index (Phi) is 8.48. The highest BCUT2D eigenvalue weighted by atomic mass is 32.2. The van der Waals surface area contributed by atoms with E-state index in [1.807, 2.05) is 32.0 Å². The number of benzene rings is 1. The Morgan fingerprint density at radius 3 is 2.43 bits per heavy atom. The maximum atomic E-state index is 12.6. The van der Waals surface area contributed by atoms with Gasteiger partial charge in [-0.1, -0.05) is 33.1 Å². The minimum absolute atomic E-state index is 0.104. The minimum Gasteiger partial charge on any atom is -0.494 e. The number of nitrogens with two attached hydrogens (primary N) is 2. The summed E-state index contributed by atoms with van der Waals surface area (Å²) in [6.45, 7) is 6.00. The molecular formula is C25H40N8O3S. The predicted octanol–water partition coefficient (Wildman–Crippen LogP) is 3.25. The minimum atomic E-state index is -3.23. The van der Waals surface area contributed by atoms with E-state index < -0.39 is 10.0 Å². The van der Waals surface area contributed by atoms with E-state index in [1.165, 1.54) is 19.3 Å². The van der Waals surface area contributed by atoms with Crippen LogP contribution in [-0.4, -0.2) is 67.8 Å². The average Bonchev–Trinajstić information content (AvgIpc) is 2.87. The number of ether oxygens (including phenoxy) is 1. The first-order chi connectivity index (χ1) is 17.7. The van der Waals surface area contributed by atoms with E-state index in [9.17, 15) is 8.42 Å². The van der Waals surface area contributed by atoms with Gasteiger partial charge in [0.25, 0.3) is 0 Å². The molecule has 1 aliphatic heterocycles. The number of sulfonamides is 1. The first kappa shape index (κ1) is 27.1. The van der Waals surface area contributed by atoms with Crippen molar-refractivity contribution >= 4 is 44.7 Å². The molecule has 1 saturated carbocycles. The smallest absolute Gasteiger partial charge is 0.231 e. The van der Waals surface area contributed by atoms with Crippen molar-refractivity contribution in [2.24, 2.45) is 5.92 Å².